The summed E-state index contributed by atoms with van der Waals surface area (Å²) in [6.07, 6.45) is -0.359. The smallest absolute Gasteiger partial charge is 0.462 e. The lowest BCUT2D eigenvalue weighted by atomic mass is 10.2. The SMILES string of the molecule is CC(C)(C)OC(=O)[NH2+]CCOCCOC(=O)C(C)(Br)Br. The number of rotatable bonds is 7. The fourth-order valence-electron chi connectivity index (χ4n) is 1.03. The molecule has 0 rings (SSSR count). The van der Waals surface area contributed by atoms with E-state index in [1.54, 1.807) is 6.92 Å². The van der Waals surface area contributed by atoms with Crippen molar-refractivity contribution in [2.24, 2.45) is 0 Å². The first-order valence-electron chi connectivity index (χ1n) is 6.21. The number of esters is 1. The van der Waals surface area contributed by atoms with E-state index in [1.807, 2.05) is 20.8 Å². The molecule has 6 nitrogen and oxygen atoms in total. The second-order valence-corrected chi connectivity index (χ2v) is 9.40. The average molecular weight is 420 g/mol. The normalized spacial score (nSPS) is 12.1. The molecular weight excluding hydrogens is 398 g/mol. The van der Waals surface area contributed by atoms with Crippen molar-refractivity contribution >= 4 is 43.9 Å². The maximum Gasteiger partial charge on any atom is 0.513 e. The van der Waals surface area contributed by atoms with Gasteiger partial charge in [-0.25, -0.2) is 10.1 Å². The van der Waals surface area contributed by atoms with E-state index in [0.29, 0.717) is 13.2 Å². The Labute approximate surface area is 136 Å². The van der Waals surface area contributed by atoms with Crippen molar-refractivity contribution in [1.82, 2.24) is 0 Å². The highest BCUT2D eigenvalue weighted by Crippen LogP contribution is 2.26. The van der Waals surface area contributed by atoms with Gasteiger partial charge in [-0.1, -0.05) is 31.9 Å². The first-order chi connectivity index (χ1) is 9.02. The highest BCUT2D eigenvalue weighted by Gasteiger charge is 2.27. The van der Waals surface area contributed by atoms with Gasteiger partial charge in [0.2, 0.25) is 0 Å². The largest absolute Gasteiger partial charge is 0.513 e. The van der Waals surface area contributed by atoms with E-state index >= 15 is 0 Å². The number of hydrogen-bond acceptors (Lipinski definition) is 5. The Balaban J connectivity index is 3.51. The number of hydrogen-bond donors (Lipinski definition) is 1. The second-order valence-electron chi connectivity index (χ2n) is 5.16. The summed E-state index contributed by atoms with van der Waals surface area (Å²) in [5.41, 5.74) is -0.485. The Kier molecular flexibility index (Phi) is 8.88. The number of nitrogens with two attached hydrogens (primary N) is 1. The average Bonchev–Trinajstić information content (AvgIpc) is 2.23. The number of primary amides is 1. The van der Waals surface area contributed by atoms with Gasteiger partial charge in [-0.2, -0.15) is 4.79 Å². The van der Waals surface area contributed by atoms with Crippen molar-refractivity contribution < 1.29 is 29.1 Å². The van der Waals surface area contributed by atoms with Gasteiger partial charge in [0.05, 0.1) is 13.2 Å². The predicted molar refractivity (Wildman–Crippen MR) is 81.1 cm³/mol. The minimum Gasteiger partial charge on any atom is -0.462 e. The summed E-state index contributed by atoms with van der Waals surface area (Å²) in [7, 11) is 0. The molecule has 0 aromatic carbocycles. The molecule has 118 valence electrons. The third-order valence-corrected chi connectivity index (χ3v) is 2.45. The Bertz CT molecular complexity index is 323. The standard InChI is InChI=1S/C12H21Br2NO5/c1-11(2,3)20-10(17)15-5-6-18-7-8-19-9(16)12(4,13)14/h5-8H2,1-4H3,(H,15,17)/p+1. The number of carbonyl (C=O) groups excluding carboxylic acids is 2. The summed E-state index contributed by atoms with van der Waals surface area (Å²) in [6.45, 7) is 8.34. The molecule has 0 aromatic rings. The van der Waals surface area contributed by atoms with Crippen molar-refractivity contribution in [3.8, 4) is 0 Å². The van der Waals surface area contributed by atoms with E-state index in [1.165, 1.54) is 5.32 Å². The van der Waals surface area contributed by atoms with Gasteiger partial charge in [0.25, 0.3) is 0 Å². The zero-order chi connectivity index (χ0) is 15.8. The highest BCUT2D eigenvalue weighted by molar-refractivity contribution is 9.25. The molecule has 0 radical (unpaired) electrons. The van der Waals surface area contributed by atoms with Gasteiger partial charge in [-0.05, 0) is 27.7 Å². The Morgan fingerprint density at radius 2 is 1.65 bits per heavy atom. The molecule has 0 heterocycles. The predicted octanol–water partition coefficient (Wildman–Crippen LogP) is 1.55. The molecule has 0 saturated carbocycles. The van der Waals surface area contributed by atoms with E-state index in [-0.39, 0.29) is 19.3 Å². The van der Waals surface area contributed by atoms with Gasteiger partial charge < -0.3 is 14.2 Å². The highest BCUT2D eigenvalue weighted by atomic mass is 79.9. The third kappa shape index (κ3) is 11.6. The maximum atomic E-state index is 11.3. The zero-order valence-electron chi connectivity index (χ0n) is 12.2. The van der Waals surface area contributed by atoms with Gasteiger partial charge in [0.1, 0.15) is 18.8 Å². The molecule has 20 heavy (non-hydrogen) atoms. The second kappa shape index (κ2) is 8.96. The topological polar surface area (TPSA) is 78.4 Å². The van der Waals surface area contributed by atoms with Gasteiger partial charge in [0, 0.05) is 0 Å². The quantitative estimate of drug-likeness (QED) is 0.384. The van der Waals surface area contributed by atoms with Crippen LogP contribution in [0.2, 0.25) is 0 Å². The Morgan fingerprint density at radius 3 is 2.15 bits per heavy atom. The maximum absolute atomic E-state index is 11.3. The van der Waals surface area contributed by atoms with Crippen molar-refractivity contribution in [2.45, 2.75) is 36.5 Å². The molecule has 8 heteroatoms. The van der Waals surface area contributed by atoms with Gasteiger partial charge in [-0.15, -0.1) is 0 Å². The van der Waals surface area contributed by atoms with Crippen LogP contribution in [0.3, 0.4) is 0 Å². The van der Waals surface area contributed by atoms with E-state index < -0.39 is 14.8 Å². The molecule has 0 unspecified atom stereocenters. The molecule has 2 N–H and O–H groups in total. The lowest BCUT2D eigenvalue weighted by molar-refractivity contribution is -0.575. The fraction of sp³-hybridized carbons (Fsp3) is 0.833. The van der Waals surface area contributed by atoms with Crippen LogP contribution in [0, 0.1) is 0 Å². The molecule has 0 aromatic heterocycles. The summed E-state index contributed by atoms with van der Waals surface area (Å²) < 4.78 is 14.4. The zero-order valence-corrected chi connectivity index (χ0v) is 15.4. The number of ether oxygens (including phenoxy) is 3. The molecular formula is C12H22Br2NO5+. The minimum atomic E-state index is -0.871. The number of carbonyl (C=O) groups is 2. The van der Waals surface area contributed by atoms with Crippen molar-refractivity contribution in [2.75, 3.05) is 26.4 Å². The monoisotopic (exact) mass is 418 g/mol. The molecule has 0 bridgehead atoms. The lowest BCUT2D eigenvalue weighted by Gasteiger charge is -2.17. The Hall–Kier alpha value is -0.180. The summed E-state index contributed by atoms with van der Waals surface area (Å²) in [4.78, 5) is 22.7. The fourth-order valence-corrected chi connectivity index (χ4v) is 1.25. The lowest BCUT2D eigenvalue weighted by Crippen LogP contribution is -2.89. The van der Waals surface area contributed by atoms with Crippen LogP contribution in [0.1, 0.15) is 27.7 Å². The van der Waals surface area contributed by atoms with Crippen molar-refractivity contribution in [3.05, 3.63) is 0 Å². The summed E-state index contributed by atoms with van der Waals surface area (Å²) in [6, 6.07) is 0. The molecule has 0 fully saturated rings. The summed E-state index contributed by atoms with van der Waals surface area (Å²) in [5.74, 6) is -0.415. The molecule has 0 aliphatic carbocycles. The van der Waals surface area contributed by atoms with E-state index in [0.717, 1.165) is 0 Å². The number of quaternary nitrogens is 1. The van der Waals surface area contributed by atoms with Crippen LogP contribution in [-0.4, -0.2) is 47.3 Å². The molecule has 0 aliphatic rings. The van der Waals surface area contributed by atoms with Crippen LogP contribution in [0.25, 0.3) is 0 Å². The van der Waals surface area contributed by atoms with E-state index in [2.05, 4.69) is 31.9 Å². The molecule has 0 atom stereocenters. The molecule has 0 aliphatic heterocycles. The van der Waals surface area contributed by atoms with Crippen LogP contribution >= 0.6 is 31.9 Å². The van der Waals surface area contributed by atoms with Crippen molar-refractivity contribution in [1.29, 1.82) is 0 Å². The van der Waals surface area contributed by atoms with Crippen LogP contribution < -0.4 is 5.32 Å². The van der Waals surface area contributed by atoms with Crippen LogP contribution in [0.4, 0.5) is 4.79 Å². The number of alkyl halides is 2. The molecule has 0 saturated heterocycles. The Morgan fingerprint density at radius 1 is 1.05 bits per heavy atom. The van der Waals surface area contributed by atoms with E-state index in [4.69, 9.17) is 14.2 Å². The minimum absolute atomic E-state index is 0.165. The number of amides is 1. The van der Waals surface area contributed by atoms with Gasteiger partial charge in [0.15, 0.2) is 3.23 Å². The van der Waals surface area contributed by atoms with Crippen LogP contribution in [-0.2, 0) is 19.0 Å². The summed E-state index contributed by atoms with van der Waals surface area (Å²) >= 11 is 6.25. The first-order valence-corrected chi connectivity index (χ1v) is 7.80. The first kappa shape index (κ1) is 19.8. The third-order valence-electron chi connectivity index (χ3n) is 1.80. The molecule has 1 amide bonds. The van der Waals surface area contributed by atoms with Crippen LogP contribution in [0.15, 0.2) is 0 Å². The van der Waals surface area contributed by atoms with E-state index in [9.17, 15) is 9.59 Å². The molecule has 0 spiro atoms. The summed E-state index contributed by atoms with van der Waals surface area (Å²) in [5, 5.41) is 1.44. The number of halogens is 2. The van der Waals surface area contributed by atoms with Gasteiger partial charge >= 0.3 is 12.1 Å². The van der Waals surface area contributed by atoms with Crippen LogP contribution in [0.5, 0.6) is 0 Å². The van der Waals surface area contributed by atoms with Gasteiger partial charge in [-0.3, -0.25) is 0 Å². The van der Waals surface area contributed by atoms with Crippen molar-refractivity contribution in [3.63, 3.8) is 0 Å².